The van der Waals surface area contributed by atoms with Crippen LogP contribution in [0.15, 0.2) is 48.5 Å². The van der Waals surface area contributed by atoms with Crippen LogP contribution in [-0.2, 0) is 4.57 Å². The molecule has 0 unspecified atom stereocenters. The summed E-state index contributed by atoms with van der Waals surface area (Å²) >= 11 is 11.8. The Hall–Kier alpha value is -1.15. The highest BCUT2D eigenvalue weighted by Gasteiger charge is 2.18. The first-order chi connectivity index (χ1) is 8.96. The highest BCUT2D eigenvalue weighted by atomic mass is 35.5. The van der Waals surface area contributed by atoms with Gasteiger partial charge in [-0.25, -0.2) is 0 Å². The lowest BCUT2D eigenvalue weighted by atomic mass is 10.3. The zero-order chi connectivity index (χ0) is 13.9. The Balaban J connectivity index is 2.15. The molecule has 0 spiro atoms. The van der Waals surface area contributed by atoms with Crippen molar-refractivity contribution in [1.29, 1.82) is 0 Å². The van der Waals surface area contributed by atoms with Gasteiger partial charge in [0.25, 0.3) is 0 Å². The molecule has 0 aliphatic carbocycles. The molecule has 6 heteroatoms. The van der Waals surface area contributed by atoms with Crippen molar-refractivity contribution in [3.05, 3.63) is 58.6 Å². The highest BCUT2D eigenvalue weighted by Crippen LogP contribution is 2.44. The molecule has 0 fully saturated rings. The summed E-state index contributed by atoms with van der Waals surface area (Å²) in [6, 6.07) is 13.9. The Labute approximate surface area is 122 Å². The van der Waals surface area contributed by atoms with Crippen molar-refractivity contribution in [3.8, 4) is 5.75 Å². The van der Waals surface area contributed by atoms with E-state index >= 15 is 0 Å². The van der Waals surface area contributed by atoms with Gasteiger partial charge in [0.15, 0.2) is 0 Å². The van der Waals surface area contributed by atoms with Gasteiger partial charge in [-0.15, -0.1) is 0 Å². The van der Waals surface area contributed by atoms with Crippen LogP contribution in [0.25, 0.3) is 0 Å². The van der Waals surface area contributed by atoms with E-state index in [9.17, 15) is 4.57 Å². The van der Waals surface area contributed by atoms with Crippen LogP contribution in [0.4, 0.5) is 5.69 Å². The fourth-order valence-electron chi connectivity index (χ4n) is 1.50. The van der Waals surface area contributed by atoms with Crippen LogP contribution in [0, 0.1) is 0 Å². The minimum Gasteiger partial charge on any atom is -0.429 e. The largest absolute Gasteiger partial charge is 0.429 e. The molecule has 0 amide bonds. The predicted octanol–water partition coefficient (Wildman–Crippen LogP) is 5.31. The molecular weight excluding hydrogens is 304 g/mol. The van der Waals surface area contributed by atoms with Gasteiger partial charge in [-0.3, -0.25) is 4.57 Å². The molecule has 0 saturated carbocycles. The molecule has 3 nitrogen and oxygen atoms in total. The third kappa shape index (κ3) is 4.17. The number of anilines is 1. The van der Waals surface area contributed by atoms with Crippen LogP contribution >= 0.6 is 30.7 Å². The number of halogens is 2. The van der Waals surface area contributed by atoms with Gasteiger partial charge in [-0.05, 0) is 30.3 Å². The third-order valence-corrected chi connectivity index (χ3v) is 4.03. The van der Waals surface area contributed by atoms with E-state index in [2.05, 4.69) is 5.09 Å². The molecule has 2 aromatic rings. The van der Waals surface area contributed by atoms with Crippen molar-refractivity contribution < 1.29 is 9.09 Å². The zero-order valence-corrected chi connectivity index (χ0v) is 12.5. The topological polar surface area (TPSA) is 38.3 Å². The second-order valence-electron chi connectivity index (χ2n) is 3.99. The molecule has 1 atom stereocenters. The summed E-state index contributed by atoms with van der Waals surface area (Å²) in [5, 5.41) is 3.72. The lowest BCUT2D eigenvalue weighted by Crippen LogP contribution is -2.02. The van der Waals surface area contributed by atoms with Gasteiger partial charge in [-0.2, -0.15) is 0 Å². The van der Waals surface area contributed by atoms with E-state index in [0.29, 0.717) is 21.5 Å². The molecule has 2 rings (SSSR count). The fourth-order valence-corrected chi connectivity index (χ4v) is 3.23. The number of rotatable bonds is 4. The molecule has 0 heterocycles. The van der Waals surface area contributed by atoms with E-state index in [4.69, 9.17) is 27.7 Å². The molecule has 0 bridgehead atoms. The SMILES string of the molecule is C[P@@](=O)(Nc1ccc(Cl)cc1Cl)Oc1ccccc1. The van der Waals surface area contributed by atoms with Crippen molar-refractivity contribution >= 4 is 36.4 Å². The third-order valence-electron chi connectivity index (χ3n) is 2.28. The standard InChI is InChI=1S/C13H12Cl2NO2P/c1-19(17,18-11-5-3-2-4-6-11)16-13-8-7-10(14)9-12(13)15/h2-9H,1H3,(H,16,17)/t19-/m0/s1. The monoisotopic (exact) mass is 315 g/mol. The van der Waals surface area contributed by atoms with Gasteiger partial charge in [0.05, 0.1) is 10.7 Å². The van der Waals surface area contributed by atoms with Crippen LogP contribution in [-0.4, -0.2) is 6.66 Å². The second-order valence-corrected chi connectivity index (χ2v) is 6.93. The maximum absolute atomic E-state index is 12.4. The maximum atomic E-state index is 12.4. The Morgan fingerprint density at radius 1 is 1.11 bits per heavy atom. The molecule has 19 heavy (non-hydrogen) atoms. The molecule has 100 valence electrons. The summed E-state index contributed by atoms with van der Waals surface area (Å²) in [4.78, 5) is 0. The van der Waals surface area contributed by atoms with Crippen molar-refractivity contribution in [2.24, 2.45) is 0 Å². The van der Waals surface area contributed by atoms with Crippen LogP contribution in [0.1, 0.15) is 0 Å². The first-order valence-corrected chi connectivity index (χ1v) is 8.34. The van der Waals surface area contributed by atoms with E-state index < -0.39 is 7.52 Å². The van der Waals surface area contributed by atoms with Crippen LogP contribution < -0.4 is 9.61 Å². The number of nitrogens with one attached hydrogen (secondary N) is 1. The summed E-state index contributed by atoms with van der Waals surface area (Å²) in [5.41, 5.74) is 0.521. The Kier molecular flexibility index (Phi) is 4.41. The molecular formula is C13H12Cl2NO2P. The molecule has 1 N–H and O–H groups in total. The van der Waals surface area contributed by atoms with Crippen LogP contribution in [0.5, 0.6) is 5.75 Å². The van der Waals surface area contributed by atoms with Crippen molar-refractivity contribution in [2.45, 2.75) is 0 Å². The first kappa shape index (κ1) is 14.3. The summed E-state index contributed by atoms with van der Waals surface area (Å²) in [6.07, 6.45) is 0. The van der Waals surface area contributed by atoms with E-state index in [1.165, 1.54) is 6.66 Å². The van der Waals surface area contributed by atoms with E-state index in [1.54, 1.807) is 30.3 Å². The highest BCUT2D eigenvalue weighted by molar-refractivity contribution is 7.60. The number of benzene rings is 2. The van der Waals surface area contributed by atoms with Gasteiger partial charge in [0.2, 0.25) is 0 Å². The Morgan fingerprint density at radius 3 is 2.42 bits per heavy atom. The fraction of sp³-hybridized carbons (Fsp3) is 0.0769. The minimum absolute atomic E-state index is 0.395. The van der Waals surface area contributed by atoms with E-state index in [1.807, 2.05) is 18.2 Å². The summed E-state index contributed by atoms with van der Waals surface area (Å²) < 4.78 is 17.8. The average Bonchev–Trinajstić information content (AvgIpc) is 2.33. The van der Waals surface area contributed by atoms with Crippen molar-refractivity contribution in [2.75, 3.05) is 11.8 Å². The smallest absolute Gasteiger partial charge is 0.338 e. The molecule has 0 saturated heterocycles. The lowest BCUT2D eigenvalue weighted by Gasteiger charge is -2.18. The predicted molar refractivity (Wildman–Crippen MR) is 80.7 cm³/mol. The minimum atomic E-state index is -3.06. The number of hydrogen-bond donors (Lipinski definition) is 1. The summed E-state index contributed by atoms with van der Waals surface area (Å²) in [5.74, 6) is 0.533. The lowest BCUT2D eigenvalue weighted by molar-refractivity contribution is 0.493. The van der Waals surface area contributed by atoms with E-state index in [-0.39, 0.29) is 0 Å². The average molecular weight is 316 g/mol. The second kappa shape index (κ2) is 5.87. The quantitative estimate of drug-likeness (QED) is 0.777. The van der Waals surface area contributed by atoms with Gasteiger partial charge in [0, 0.05) is 11.7 Å². The molecule has 2 aromatic carbocycles. The Bertz CT molecular complexity index is 619. The van der Waals surface area contributed by atoms with Gasteiger partial charge in [-0.1, -0.05) is 41.4 Å². The van der Waals surface area contributed by atoms with Crippen LogP contribution in [0.3, 0.4) is 0 Å². The van der Waals surface area contributed by atoms with E-state index in [0.717, 1.165) is 0 Å². The molecule has 0 aliphatic heterocycles. The first-order valence-electron chi connectivity index (χ1n) is 5.52. The van der Waals surface area contributed by atoms with Crippen LogP contribution in [0.2, 0.25) is 10.0 Å². The number of hydrogen-bond acceptors (Lipinski definition) is 2. The van der Waals surface area contributed by atoms with Crippen molar-refractivity contribution in [1.82, 2.24) is 0 Å². The maximum Gasteiger partial charge on any atom is 0.338 e. The Morgan fingerprint density at radius 2 is 1.79 bits per heavy atom. The van der Waals surface area contributed by atoms with Gasteiger partial charge >= 0.3 is 7.52 Å². The van der Waals surface area contributed by atoms with Gasteiger partial charge < -0.3 is 9.61 Å². The van der Waals surface area contributed by atoms with Gasteiger partial charge in [0.1, 0.15) is 5.75 Å². The zero-order valence-electron chi connectivity index (χ0n) is 10.1. The summed E-state index contributed by atoms with van der Waals surface area (Å²) in [7, 11) is -3.06. The van der Waals surface area contributed by atoms with Crippen molar-refractivity contribution in [3.63, 3.8) is 0 Å². The molecule has 0 radical (unpaired) electrons. The molecule has 0 aliphatic rings. The number of para-hydroxylation sites is 1. The normalized spacial score (nSPS) is 13.6. The molecule has 0 aromatic heterocycles. The summed E-state index contributed by atoms with van der Waals surface area (Å²) in [6.45, 7) is 1.49.